The minimum Gasteiger partial charge on any atom is -0.481 e. The number of methoxy groups -OCH3 is 2. The molecule has 4 nitrogen and oxygen atoms in total. The van der Waals surface area contributed by atoms with Gasteiger partial charge in [0.05, 0.1) is 20.1 Å². The summed E-state index contributed by atoms with van der Waals surface area (Å²) in [6.45, 7) is 0. The van der Waals surface area contributed by atoms with Crippen molar-refractivity contribution in [2.45, 2.75) is 25.4 Å². The number of pyridine rings is 1. The molecule has 1 aliphatic carbocycles. The van der Waals surface area contributed by atoms with E-state index in [1.807, 2.05) is 0 Å². The molecule has 2 rings (SSSR count). The Morgan fingerprint density at radius 3 is 2.57 bits per heavy atom. The summed E-state index contributed by atoms with van der Waals surface area (Å²) >= 11 is 0. The average molecular weight is 303 g/mol. The number of ether oxygens (including phenoxy) is 2. The second kappa shape index (κ2) is 5.91. The topological polar surface area (TPSA) is 48.4 Å². The third-order valence-corrected chi connectivity index (χ3v) is 3.70. The molecule has 21 heavy (non-hydrogen) atoms. The standard InChI is InChI=1S/C14H16F3NO3/c1-20-12-11(14(15,16)17)6-9(7-18-12)3-8-4-10(5-8)13(19)21-2/h6-8,10H,3-5H2,1-2H3. The van der Waals surface area contributed by atoms with Gasteiger partial charge in [-0.05, 0) is 36.8 Å². The summed E-state index contributed by atoms with van der Waals surface area (Å²) < 4.78 is 47.9. The molecule has 0 atom stereocenters. The van der Waals surface area contributed by atoms with Crippen molar-refractivity contribution >= 4 is 5.97 Å². The van der Waals surface area contributed by atoms with Crippen molar-refractivity contribution in [3.63, 3.8) is 0 Å². The van der Waals surface area contributed by atoms with Crippen LogP contribution >= 0.6 is 0 Å². The van der Waals surface area contributed by atoms with Gasteiger partial charge in [-0.2, -0.15) is 13.2 Å². The molecule has 0 aromatic carbocycles. The molecule has 116 valence electrons. The first-order chi connectivity index (χ1) is 9.85. The maximum atomic E-state index is 12.9. The highest BCUT2D eigenvalue weighted by Crippen LogP contribution is 2.39. The fraction of sp³-hybridized carbons (Fsp3) is 0.571. The minimum atomic E-state index is -4.50. The van der Waals surface area contributed by atoms with Crippen molar-refractivity contribution in [2.75, 3.05) is 14.2 Å². The smallest absolute Gasteiger partial charge is 0.421 e. The van der Waals surface area contributed by atoms with Crippen molar-refractivity contribution in [1.82, 2.24) is 4.98 Å². The second-order valence-electron chi connectivity index (χ2n) is 5.16. The summed E-state index contributed by atoms with van der Waals surface area (Å²) in [4.78, 5) is 15.0. The molecule has 0 unspecified atom stereocenters. The van der Waals surface area contributed by atoms with E-state index in [1.165, 1.54) is 13.3 Å². The first kappa shape index (κ1) is 15.6. The normalized spacial score (nSPS) is 21.6. The Morgan fingerprint density at radius 1 is 1.38 bits per heavy atom. The van der Waals surface area contributed by atoms with Gasteiger partial charge in [0.25, 0.3) is 0 Å². The number of halogens is 3. The van der Waals surface area contributed by atoms with Crippen molar-refractivity contribution in [3.05, 3.63) is 23.4 Å². The molecule has 0 amide bonds. The van der Waals surface area contributed by atoms with Crippen LogP contribution in [-0.4, -0.2) is 25.2 Å². The molecule has 7 heteroatoms. The lowest BCUT2D eigenvalue weighted by molar-refractivity contribution is -0.150. The van der Waals surface area contributed by atoms with Crippen LogP contribution in [0.4, 0.5) is 13.2 Å². The summed E-state index contributed by atoms with van der Waals surface area (Å²) in [5, 5.41) is 0. The maximum Gasteiger partial charge on any atom is 0.421 e. The van der Waals surface area contributed by atoms with Crippen LogP contribution in [0.2, 0.25) is 0 Å². The summed E-state index contributed by atoms with van der Waals surface area (Å²) in [5.74, 6) is -0.624. The zero-order valence-corrected chi connectivity index (χ0v) is 11.7. The Hall–Kier alpha value is -1.79. The van der Waals surface area contributed by atoms with E-state index in [9.17, 15) is 18.0 Å². The highest BCUT2D eigenvalue weighted by atomic mass is 19.4. The van der Waals surface area contributed by atoms with Gasteiger partial charge in [-0.3, -0.25) is 4.79 Å². The Labute approximate surface area is 120 Å². The van der Waals surface area contributed by atoms with Gasteiger partial charge >= 0.3 is 12.1 Å². The van der Waals surface area contributed by atoms with E-state index in [2.05, 4.69) is 14.5 Å². The number of rotatable bonds is 4. The van der Waals surface area contributed by atoms with E-state index in [4.69, 9.17) is 0 Å². The summed E-state index contributed by atoms with van der Waals surface area (Å²) in [5.41, 5.74) is -0.372. The van der Waals surface area contributed by atoms with Gasteiger partial charge in [0.1, 0.15) is 5.56 Å². The third-order valence-electron chi connectivity index (χ3n) is 3.70. The molecule has 1 aromatic rings. The third kappa shape index (κ3) is 3.46. The fourth-order valence-corrected chi connectivity index (χ4v) is 2.57. The van der Waals surface area contributed by atoms with E-state index >= 15 is 0 Å². The lowest BCUT2D eigenvalue weighted by Gasteiger charge is -2.33. The van der Waals surface area contributed by atoms with Crippen LogP contribution in [0.1, 0.15) is 24.0 Å². The van der Waals surface area contributed by atoms with E-state index in [0.29, 0.717) is 24.8 Å². The van der Waals surface area contributed by atoms with Crippen LogP contribution in [0.15, 0.2) is 12.3 Å². The molecule has 1 fully saturated rings. The Kier molecular flexibility index (Phi) is 4.39. The van der Waals surface area contributed by atoms with Crippen molar-refractivity contribution in [1.29, 1.82) is 0 Å². The van der Waals surface area contributed by atoms with Gasteiger partial charge in [-0.1, -0.05) is 0 Å². The van der Waals surface area contributed by atoms with Crippen LogP contribution in [-0.2, 0) is 22.1 Å². The predicted octanol–water partition coefficient (Wildman–Crippen LogP) is 2.85. The number of carbonyl (C=O) groups excluding carboxylic acids is 1. The molecular weight excluding hydrogens is 287 g/mol. The van der Waals surface area contributed by atoms with E-state index < -0.39 is 17.6 Å². The van der Waals surface area contributed by atoms with Crippen molar-refractivity contribution < 1.29 is 27.4 Å². The number of aromatic nitrogens is 1. The van der Waals surface area contributed by atoms with Crippen LogP contribution in [0.25, 0.3) is 0 Å². The van der Waals surface area contributed by atoms with Crippen LogP contribution in [0.3, 0.4) is 0 Å². The second-order valence-corrected chi connectivity index (χ2v) is 5.16. The number of alkyl halides is 3. The molecule has 0 bridgehead atoms. The predicted molar refractivity (Wildman–Crippen MR) is 67.7 cm³/mol. The molecular formula is C14H16F3NO3. The van der Waals surface area contributed by atoms with Gasteiger partial charge in [-0.25, -0.2) is 4.98 Å². The SMILES string of the molecule is COC(=O)C1CC(Cc2cnc(OC)c(C(F)(F)F)c2)C1. The van der Waals surface area contributed by atoms with Gasteiger partial charge in [0, 0.05) is 6.20 Å². The highest BCUT2D eigenvalue weighted by Gasteiger charge is 2.37. The number of hydrogen-bond donors (Lipinski definition) is 0. The van der Waals surface area contributed by atoms with Crippen molar-refractivity contribution in [3.8, 4) is 5.88 Å². The number of hydrogen-bond acceptors (Lipinski definition) is 4. The summed E-state index contributed by atoms with van der Waals surface area (Å²) in [7, 11) is 2.49. The van der Waals surface area contributed by atoms with Crippen LogP contribution in [0, 0.1) is 11.8 Å². The molecule has 0 N–H and O–H groups in total. The van der Waals surface area contributed by atoms with Gasteiger partial charge in [0.2, 0.25) is 5.88 Å². The lowest BCUT2D eigenvalue weighted by atomic mass is 9.72. The molecule has 0 saturated heterocycles. The van der Waals surface area contributed by atoms with Gasteiger partial charge < -0.3 is 9.47 Å². The first-order valence-electron chi connectivity index (χ1n) is 6.53. The first-order valence-corrected chi connectivity index (χ1v) is 6.53. The molecule has 0 radical (unpaired) electrons. The largest absolute Gasteiger partial charge is 0.481 e. The number of carbonyl (C=O) groups is 1. The molecule has 1 aromatic heterocycles. The zero-order chi connectivity index (χ0) is 15.6. The van der Waals surface area contributed by atoms with E-state index in [0.717, 1.165) is 13.2 Å². The van der Waals surface area contributed by atoms with Crippen LogP contribution in [0.5, 0.6) is 5.88 Å². The monoisotopic (exact) mass is 303 g/mol. The van der Waals surface area contributed by atoms with Crippen LogP contribution < -0.4 is 4.74 Å². The maximum absolute atomic E-state index is 12.9. The average Bonchev–Trinajstić information content (AvgIpc) is 2.40. The molecule has 0 spiro atoms. The Morgan fingerprint density at radius 2 is 2.05 bits per heavy atom. The highest BCUT2D eigenvalue weighted by molar-refractivity contribution is 5.73. The zero-order valence-electron chi connectivity index (χ0n) is 11.7. The lowest BCUT2D eigenvalue weighted by Crippen LogP contribution is -2.32. The molecule has 1 saturated carbocycles. The van der Waals surface area contributed by atoms with E-state index in [-0.39, 0.29) is 17.8 Å². The summed E-state index contributed by atoms with van der Waals surface area (Å²) in [6.07, 6.45) is -1.37. The minimum absolute atomic E-state index is 0.131. The number of nitrogens with zero attached hydrogens (tertiary/aromatic N) is 1. The Balaban J connectivity index is 2.04. The molecule has 0 aliphatic heterocycles. The Bertz CT molecular complexity index is 525. The number of esters is 1. The van der Waals surface area contributed by atoms with Gasteiger partial charge in [-0.15, -0.1) is 0 Å². The fourth-order valence-electron chi connectivity index (χ4n) is 2.57. The van der Waals surface area contributed by atoms with E-state index in [1.54, 1.807) is 0 Å². The summed E-state index contributed by atoms with van der Waals surface area (Å²) in [6, 6.07) is 1.07. The molecule has 1 heterocycles. The van der Waals surface area contributed by atoms with Gasteiger partial charge in [0.15, 0.2) is 0 Å². The van der Waals surface area contributed by atoms with Crippen molar-refractivity contribution in [2.24, 2.45) is 11.8 Å². The molecule has 1 aliphatic rings. The quantitative estimate of drug-likeness (QED) is 0.803.